The van der Waals surface area contributed by atoms with Crippen LogP contribution in [0.4, 0.5) is 18.9 Å². The van der Waals surface area contributed by atoms with E-state index in [1.165, 1.54) is 23.1 Å². The van der Waals surface area contributed by atoms with Crippen molar-refractivity contribution in [3.63, 3.8) is 0 Å². The second-order valence-electron chi connectivity index (χ2n) is 7.12. The lowest BCUT2D eigenvalue weighted by Gasteiger charge is -2.13. The SMILES string of the molecule is CC(C)c1c(C(=O)Nc2ccc(S(=O)(=O)NCC(F)(F)F)cc2)cnn1-c1ccccn1. The van der Waals surface area contributed by atoms with Crippen molar-refractivity contribution in [3.05, 3.63) is 66.1 Å². The second kappa shape index (κ2) is 9.09. The molecular formula is C20H20F3N5O3S. The summed E-state index contributed by atoms with van der Waals surface area (Å²) in [4.78, 5) is 16.7. The van der Waals surface area contributed by atoms with Crippen LogP contribution in [0.1, 0.15) is 35.8 Å². The monoisotopic (exact) mass is 467 g/mol. The Labute approximate surface area is 182 Å². The lowest BCUT2D eigenvalue weighted by atomic mass is 10.1. The molecule has 2 aromatic heterocycles. The molecule has 1 amide bonds. The van der Waals surface area contributed by atoms with Crippen molar-refractivity contribution in [3.8, 4) is 5.82 Å². The van der Waals surface area contributed by atoms with Crippen molar-refractivity contribution >= 4 is 21.6 Å². The van der Waals surface area contributed by atoms with Gasteiger partial charge in [-0.05, 0) is 42.3 Å². The Morgan fingerprint density at radius 3 is 2.38 bits per heavy atom. The number of halogens is 3. The van der Waals surface area contributed by atoms with Crippen molar-refractivity contribution < 1.29 is 26.4 Å². The van der Waals surface area contributed by atoms with Crippen molar-refractivity contribution in [1.82, 2.24) is 19.5 Å². The van der Waals surface area contributed by atoms with Gasteiger partial charge in [-0.25, -0.2) is 22.8 Å². The molecular weight excluding hydrogens is 447 g/mol. The first kappa shape index (κ1) is 23.4. The van der Waals surface area contributed by atoms with E-state index in [4.69, 9.17) is 0 Å². The van der Waals surface area contributed by atoms with E-state index in [1.54, 1.807) is 29.1 Å². The largest absolute Gasteiger partial charge is 0.402 e. The fraction of sp³-hybridized carbons (Fsp3) is 0.250. The summed E-state index contributed by atoms with van der Waals surface area (Å²) in [6, 6.07) is 10.1. The predicted molar refractivity (Wildman–Crippen MR) is 111 cm³/mol. The molecule has 3 rings (SSSR count). The van der Waals surface area contributed by atoms with Crippen molar-refractivity contribution in [2.24, 2.45) is 0 Å². The van der Waals surface area contributed by atoms with Gasteiger partial charge >= 0.3 is 6.18 Å². The molecule has 0 saturated carbocycles. The Hall–Kier alpha value is -3.25. The van der Waals surface area contributed by atoms with E-state index in [2.05, 4.69) is 15.4 Å². The first-order valence-corrected chi connectivity index (χ1v) is 10.9. The summed E-state index contributed by atoms with van der Waals surface area (Å²) in [5.74, 6) is 0.0188. The topological polar surface area (TPSA) is 106 Å². The molecule has 170 valence electrons. The Bertz CT molecular complexity index is 1190. The molecule has 0 radical (unpaired) electrons. The highest BCUT2D eigenvalue weighted by Gasteiger charge is 2.30. The number of rotatable bonds is 7. The maximum absolute atomic E-state index is 12.8. The van der Waals surface area contributed by atoms with Gasteiger partial charge in [-0.3, -0.25) is 4.79 Å². The van der Waals surface area contributed by atoms with Gasteiger partial charge in [0.1, 0.15) is 6.54 Å². The summed E-state index contributed by atoms with van der Waals surface area (Å²) in [6.07, 6.45) is -1.64. The maximum atomic E-state index is 12.8. The van der Waals surface area contributed by atoms with E-state index in [1.807, 2.05) is 13.8 Å². The van der Waals surface area contributed by atoms with Crippen LogP contribution < -0.4 is 10.0 Å². The van der Waals surface area contributed by atoms with Crippen molar-refractivity contribution in [2.45, 2.75) is 30.8 Å². The van der Waals surface area contributed by atoms with E-state index < -0.39 is 28.7 Å². The molecule has 0 bridgehead atoms. The number of carbonyl (C=O) groups excluding carboxylic acids is 1. The van der Waals surface area contributed by atoms with E-state index in [0.717, 1.165) is 12.1 Å². The summed E-state index contributed by atoms with van der Waals surface area (Å²) in [5.41, 5.74) is 1.22. The third kappa shape index (κ3) is 5.51. The minimum Gasteiger partial charge on any atom is -0.322 e. The average Bonchev–Trinajstić information content (AvgIpc) is 3.19. The van der Waals surface area contributed by atoms with Crippen LogP contribution in [-0.2, 0) is 10.0 Å². The van der Waals surface area contributed by atoms with E-state index in [-0.39, 0.29) is 16.5 Å². The molecule has 12 heteroatoms. The Morgan fingerprint density at radius 1 is 1.12 bits per heavy atom. The number of pyridine rings is 1. The molecule has 8 nitrogen and oxygen atoms in total. The summed E-state index contributed by atoms with van der Waals surface area (Å²) < 4.78 is 63.9. The van der Waals surface area contributed by atoms with E-state index in [0.29, 0.717) is 17.1 Å². The van der Waals surface area contributed by atoms with Gasteiger partial charge in [0, 0.05) is 11.9 Å². The van der Waals surface area contributed by atoms with Gasteiger partial charge < -0.3 is 5.32 Å². The minimum absolute atomic E-state index is 0.0625. The van der Waals surface area contributed by atoms with Crippen LogP contribution in [0.5, 0.6) is 0 Å². The van der Waals surface area contributed by atoms with Gasteiger partial charge in [0.2, 0.25) is 10.0 Å². The van der Waals surface area contributed by atoms with Crippen LogP contribution in [0.25, 0.3) is 5.82 Å². The number of amides is 1. The number of carbonyl (C=O) groups is 1. The Kier molecular flexibility index (Phi) is 6.65. The number of benzene rings is 1. The molecule has 0 aliphatic rings. The van der Waals surface area contributed by atoms with Gasteiger partial charge in [-0.1, -0.05) is 19.9 Å². The zero-order chi connectivity index (χ0) is 23.5. The molecule has 0 saturated heterocycles. The molecule has 0 aliphatic carbocycles. The van der Waals surface area contributed by atoms with Gasteiger partial charge in [0.15, 0.2) is 5.82 Å². The third-order valence-corrected chi connectivity index (χ3v) is 5.77. The molecule has 2 heterocycles. The maximum Gasteiger partial charge on any atom is 0.402 e. The molecule has 1 aromatic carbocycles. The molecule has 2 N–H and O–H groups in total. The molecule has 0 unspecified atom stereocenters. The number of nitrogens with one attached hydrogen (secondary N) is 2. The number of nitrogens with zero attached hydrogens (tertiary/aromatic N) is 3. The van der Waals surface area contributed by atoms with Crippen LogP contribution in [0.2, 0.25) is 0 Å². The lowest BCUT2D eigenvalue weighted by Crippen LogP contribution is -2.33. The molecule has 0 atom stereocenters. The summed E-state index contributed by atoms with van der Waals surface area (Å²) in [5, 5.41) is 6.92. The smallest absolute Gasteiger partial charge is 0.322 e. The Morgan fingerprint density at radius 2 is 1.81 bits per heavy atom. The van der Waals surface area contributed by atoms with Crippen molar-refractivity contribution in [2.75, 3.05) is 11.9 Å². The zero-order valence-electron chi connectivity index (χ0n) is 17.1. The van der Waals surface area contributed by atoms with Crippen LogP contribution in [0.3, 0.4) is 0 Å². The number of hydrogen-bond donors (Lipinski definition) is 2. The van der Waals surface area contributed by atoms with Gasteiger partial charge in [-0.2, -0.15) is 18.3 Å². The fourth-order valence-corrected chi connectivity index (χ4v) is 3.94. The second-order valence-corrected chi connectivity index (χ2v) is 8.88. The highest BCUT2D eigenvalue weighted by atomic mass is 32.2. The summed E-state index contributed by atoms with van der Waals surface area (Å²) in [7, 11) is -4.34. The Balaban J connectivity index is 1.79. The quantitative estimate of drug-likeness (QED) is 0.553. The average molecular weight is 467 g/mol. The predicted octanol–water partition coefficient (Wildman–Crippen LogP) is 3.48. The lowest BCUT2D eigenvalue weighted by molar-refractivity contribution is -0.121. The molecule has 3 aromatic rings. The first-order valence-electron chi connectivity index (χ1n) is 9.45. The third-order valence-electron chi connectivity index (χ3n) is 4.35. The fourth-order valence-electron chi connectivity index (χ4n) is 2.93. The van der Waals surface area contributed by atoms with Crippen molar-refractivity contribution in [1.29, 1.82) is 0 Å². The molecule has 32 heavy (non-hydrogen) atoms. The van der Waals surface area contributed by atoms with Crippen LogP contribution in [0, 0.1) is 0 Å². The molecule has 0 spiro atoms. The van der Waals surface area contributed by atoms with Gasteiger partial charge in [-0.15, -0.1) is 0 Å². The molecule has 0 fully saturated rings. The summed E-state index contributed by atoms with van der Waals surface area (Å²) in [6.45, 7) is 2.13. The first-order chi connectivity index (χ1) is 15.0. The zero-order valence-corrected chi connectivity index (χ0v) is 17.9. The van der Waals surface area contributed by atoms with E-state index >= 15 is 0 Å². The number of anilines is 1. The normalized spacial score (nSPS) is 12.2. The van der Waals surface area contributed by atoms with E-state index in [9.17, 15) is 26.4 Å². The van der Waals surface area contributed by atoms with Crippen LogP contribution in [-0.4, -0.2) is 41.8 Å². The van der Waals surface area contributed by atoms with Crippen LogP contribution in [0.15, 0.2) is 59.8 Å². The van der Waals surface area contributed by atoms with Gasteiger partial charge in [0.25, 0.3) is 5.91 Å². The standard InChI is InChI=1S/C20H20F3N5O3S/c1-13(2)18-16(11-25-28(18)17-5-3-4-10-24-17)19(29)27-14-6-8-15(9-7-14)32(30,31)26-12-20(21,22)23/h3-11,13,26H,12H2,1-2H3,(H,27,29). The number of hydrogen-bond acceptors (Lipinski definition) is 5. The number of aromatic nitrogens is 3. The minimum atomic E-state index is -4.67. The molecule has 0 aliphatic heterocycles. The van der Waals surface area contributed by atoms with Crippen LogP contribution >= 0.6 is 0 Å². The number of alkyl halides is 3. The summed E-state index contributed by atoms with van der Waals surface area (Å²) >= 11 is 0. The number of sulfonamides is 1. The highest BCUT2D eigenvalue weighted by Crippen LogP contribution is 2.24. The van der Waals surface area contributed by atoms with Gasteiger partial charge in [0.05, 0.1) is 22.3 Å². The highest BCUT2D eigenvalue weighted by molar-refractivity contribution is 7.89.